The molecule has 2 aromatic carbocycles. The lowest BCUT2D eigenvalue weighted by atomic mass is 9.87. The van der Waals surface area contributed by atoms with Crippen molar-refractivity contribution in [2.24, 2.45) is 0 Å². The summed E-state index contributed by atoms with van der Waals surface area (Å²) in [7, 11) is -3.60. The van der Waals surface area contributed by atoms with Crippen LogP contribution in [0, 0.1) is 0 Å². The number of rotatable bonds is 9. The Kier molecular flexibility index (Phi) is 7.81. The van der Waals surface area contributed by atoms with Gasteiger partial charge in [0.2, 0.25) is 15.9 Å². The molecule has 0 saturated carbocycles. The molecule has 0 unspecified atom stereocenters. The molecule has 29 heavy (non-hydrogen) atoms. The SMILES string of the molecule is CCOc1ccc(CC(=O)NCCNS(=O)(=O)c2ccc(C(C)(C)C)cc2)cc1. The van der Waals surface area contributed by atoms with Gasteiger partial charge in [0.1, 0.15) is 5.75 Å². The van der Waals surface area contributed by atoms with Crippen LogP contribution in [-0.2, 0) is 26.7 Å². The molecule has 0 aliphatic heterocycles. The van der Waals surface area contributed by atoms with Crippen molar-refractivity contribution in [2.75, 3.05) is 19.7 Å². The van der Waals surface area contributed by atoms with Gasteiger partial charge in [0.15, 0.2) is 0 Å². The third-order valence-electron chi connectivity index (χ3n) is 4.37. The fourth-order valence-corrected chi connectivity index (χ4v) is 3.75. The topological polar surface area (TPSA) is 84.5 Å². The molecule has 0 aliphatic rings. The summed E-state index contributed by atoms with van der Waals surface area (Å²) in [6.45, 7) is 9.07. The molecule has 2 N–H and O–H groups in total. The zero-order valence-corrected chi connectivity index (χ0v) is 18.3. The molecule has 1 amide bonds. The van der Waals surface area contributed by atoms with Crippen LogP contribution < -0.4 is 14.8 Å². The molecule has 0 aliphatic carbocycles. The van der Waals surface area contributed by atoms with E-state index in [4.69, 9.17) is 4.74 Å². The van der Waals surface area contributed by atoms with Gasteiger partial charge in [0, 0.05) is 13.1 Å². The van der Waals surface area contributed by atoms with Gasteiger partial charge in [-0.25, -0.2) is 13.1 Å². The molecular weight excluding hydrogens is 388 g/mol. The first-order valence-corrected chi connectivity index (χ1v) is 11.2. The lowest BCUT2D eigenvalue weighted by Gasteiger charge is -2.19. The third kappa shape index (κ3) is 7.18. The lowest BCUT2D eigenvalue weighted by molar-refractivity contribution is -0.120. The van der Waals surface area contributed by atoms with Gasteiger partial charge in [-0.3, -0.25) is 4.79 Å². The van der Waals surface area contributed by atoms with E-state index in [1.165, 1.54) is 0 Å². The van der Waals surface area contributed by atoms with Crippen molar-refractivity contribution in [3.05, 3.63) is 59.7 Å². The Hall–Kier alpha value is -2.38. The summed E-state index contributed by atoms with van der Waals surface area (Å²) < 4.78 is 32.6. The summed E-state index contributed by atoms with van der Waals surface area (Å²) in [6.07, 6.45) is 0.230. The molecule has 0 fully saturated rings. The number of sulfonamides is 1. The number of benzene rings is 2. The van der Waals surface area contributed by atoms with Crippen LogP contribution in [0.2, 0.25) is 0 Å². The first-order valence-electron chi connectivity index (χ1n) is 9.70. The third-order valence-corrected chi connectivity index (χ3v) is 5.85. The van der Waals surface area contributed by atoms with Crippen LogP contribution in [-0.4, -0.2) is 34.0 Å². The standard InChI is InChI=1S/C22H30N2O4S/c1-5-28-19-10-6-17(7-11-19)16-21(25)23-14-15-24-29(26,27)20-12-8-18(9-13-20)22(2,3)4/h6-13,24H,5,14-16H2,1-4H3,(H,23,25). The Labute approximate surface area is 173 Å². The highest BCUT2D eigenvalue weighted by molar-refractivity contribution is 7.89. The minimum absolute atomic E-state index is 0.0383. The second kappa shape index (κ2) is 9.89. The smallest absolute Gasteiger partial charge is 0.240 e. The monoisotopic (exact) mass is 418 g/mol. The molecule has 0 radical (unpaired) electrons. The highest BCUT2D eigenvalue weighted by Crippen LogP contribution is 2.23. The van der Waals surface area contributed by atoms with Crippen LogP contribution in [0.4, 0.5) is 0 Å². The van der Waals surface area contributed by atoms with E-state index in [-0.39, 0.29) is 35.7 Å². The largest absolute Gasteiger partial charge is 0.494 e. The van der Waals surface area contributed by atoms with Crippen LogP contribution in [0.1, 0.15) is 38.8 Å². The average Bonchev–Trinajstić information content (AvgIpc) is 2.66. The highest BCUT2D eigenvalue weighted by Gasteiger charge is 2.17. The van der Waals surface area contributed by atoms with Crippen molar-refractivity contribution in [1.29, 1.82) is 0 Å². The van der Waals surface area contributed by atoms with E-state index in [0.29, 0.717) is 6.61 Å². The molecule has 6 nitrogen and oxygen atoms in total. The quantitative estimate of drug-likeness (QED) is 0.613. The number of hydrogen-bond donors (Lipinski definition) is 2. The number of carbonyl (C=O) groups excluding carboxylic acids is 1. The zero-order valence-electron chi connectivity index (χ0n) is 17.5. The minimum atomic E-state index is -3.60. The summed E-state index contributed by atoms with van der Waals surface area (Å²) in [6, 6.07) is 14.2. The molecule has 0 bridgehead atoms. The molecule has 7 heteroatoms. The van der Waals surface area contributed by atoms with E-state index < -0.39 is 10.0 Å². The van der Waals surface area contributed by atoms with E-state index in [2.05, 4.69) is 30.8 Å². The number of amides is 1. The van der Waals surface area contributed by atoms with Crippen LogP contribution in [0.25, 0.3) is 0 Å². The molecule has 0 spiro atoms. The van der Waals surface area contributed by atoms with Gasteiger partial charge in [-0.1, -0.05) is 45.0 Å². The summed E-state index contributed by atoms with van der Waals surface area (Å²) in [5.41, 5.74) is 1.90. The Morgan fingerprint density at radius 2 is 1.59 bits per heavy atom. The predicted octanol–water partition coefficient (Wildman–Crippen LogP) is 3.02. The van der Waals surface area contributed by atoms with Crippen molar-refractivity contribution < 1.29 is 17.9 Å². The fraction of sp³-hybridized carbons (Fsp3) is 0.409. The number of nitrogens with one attached hydrogen (secondary N) is 2. The lowest BCUT2D eigenvalue weighted by Crippen LogP contribution is -2.35. The number of hydrogen-bond acceptors (Lipinski definition) is 4. The molecule has 158 valence electrons. The predicted molar refractivity (Wildman–Crippen MR) is 115 cm³/mol. The molecular formula is C22H30N2O4S. The highest BCUT2D eigenvalue weighted by atomic mass is 32.2. The number of ether oxygens (including phenoxy) is 1. The van der Waals surface area contributed by atoms with Gasteiger partial charge < -0.3 is 10.1 Å². The maximum absolute atomic E-state index is 12.4. The van der Waals surface area contributed by atoms with Crippen molar-refractivity contribution >= 4 is 15.9 Å². The average molecular weight is 419 g/mol. The maximum atomic E-state index is 12.4. The van der Waals surface area contributed by atoms with Gasteiger partial charge in [0.05, 0.1) is 17.9 Å². The molecule has 2 aromatic rings. The van der Waals surface area contributed by atoms with Crippen LogP contribution in [0.15, 0.2) is 53.4 Å². The minimum Gasteiger partial charge on any atom is -0.494 e. The van der Waals surface area contributed by atoms with Crippen molar-refractivity contribution in [2.45, 2.75) is 44.4 Å². The maximum Gasteiger partial charge on any atom is 0.240 e. The molecule has 0 saturated heterocycles. The molecule has 0 heterocycles. The second-order valence-electron chi connectivity index (χ2n) is 7.78. The Balaban J connectivity index is 1.79. The Bertz CT molecular complexity index is 899. The van der Waals surface area contributed by atoms with Gasteiger partial charge in [-0.2, -0.15) is 0 Å². The first kappa shape index (κ1) is 22.9. The van der Waals surface area contributed by atoms with Crippen molar-refractivity contribution in [3.63, 3.8) is 0 Å². The molecule has 2 rings (SSSR count). The van der Waals surface area contributed by atoms with E-state index >= 15 is 0 Å². The number of carbonyl (C=O) groups is 1. The Morgan fingerprint density at radius 1 is 0.966 bits per heavy atom. The van der Waals surface area contributed by atoms with Crippen LogP contribution >= 0.6 is 0 Å². The van der Waals surface area contributed by atoms with Gasteiger partial charge in [-0.15, -0.1) is 0 Å². The van der Waals surface area contributed by atoms with E-state index in [1.54, 1.807) is 12.1 Å². The summed E-state index contributed by atoms with van der Waals surface area (Å²) in [4.78, 5) is 12.2. The molecule has 0 aromatic heterocycles. The van der Waals surface area contributed by atoms with Crippen LogP contribution in [0.5, 0.6) is 5.75 Å². The van der Waals surface area contributed by atoms with E-state index in [9.17, 15) is 13.2 Å². The normalized spacial score (nSPS) is 11.9. The van der Waals surface area contributed by atoms with Crippen molar-refractivity contribution in [1.82, 2.24) is 10.0 Å². The second-order valence-corrected chi connectivity index (χ2v) is 9.54. The summed E-state index contributed by atoms with van der Waals surface area (Å²) >= 11 is 0. The van der Waals surface area contributed by atoms with Gasteiger partial charge >= 0.3 is 0 Å². The summed E-state index contributed by atoms with van der Waals surface area (Å²) in [5, 5.41) is 2.73. The Morgan fingerprint density at radius 3 is 2.14 bits per heavy atom. The molecule has 0 atom stereocenters. The van der Waals surface area contributed by atoms with Gasteiger partial charge in [0.25, 0.3) is 0 Å². The van der Waals surface area contributed by atoms with Crippen molar-refractivity contribution in [3.8, 4) is 5.75 Å². The summed E-state index contributed by atoms with van der Waals surface area (Å²) in [5.74, 6) is 0.601. The van der Waals surface area contributed by atoms with E-state index in [1.807, 2.05) is 43.3 Å². The van der Waals surface area contributed by atoms with Gasteiger partial charge in [-0.05, 0) is 47.7 Å². The van der Waals surface area contributed by atoms with Crippen LogP contribution in [0.3, 0.4) is 0 Å². The zero-order chi connectivity index (χ0) is 21.5. The first-order chi connectivity index (χ1) is 13.6. The van der Waals surface area contributed by atoms with E-state index in [0.717, 1.165) is 16.9 Å². The fourth-order valence-electron chi connectivity index (χ4n) is 2.72.